The Hall–Kier alpha value is -2.97. The highest BCUT2D eigenvalue weighted by Crippen LogP contribution is 2.29. The highest BCUT2D eigenvalue weighted by molar-refractivity contribution is 5.85. The third kappa shape index (κ3) is 4.26. The lowest BCUT2D eigenvalue weighted by molar-refractivity contribution is 0.161. The second kappa shape index (κ2) is 8.64. The number of pyridine rings is 1. The molecule has 0 aromatic carbocycles. The van der Waals surface area contributed by atoms with Gasteiger partial charge < -0.3 is 20.3 Å². The molecule has 0 amide bonds. The van der Waals surface area contributed by atoms with Gasteiger partial charge in [0.1, 0.15) is 17.7 Å². The van der Waals surface area contributed by atoms with E-state index in [9.17, 15) is 0 Å². The number of piperazine rings is 1. The number of fused-ring (bicyclic) bond motifs is 1. The van der Waals surface area contributed by atoms with Crippen LogP contribution in [0.5, 0.6) is 0 Å². The van der Waals surface area contributed by atoms with Crippen LogP contribution >= 0.6 is 0 Å². The summed E-state index contributed by atoms with van der Waals surface area (Å²) in [6.45, 7) is 8.38. The standard InChI is InChI=1S/C23H29N7O/c1-16-13-29(14-17(2)27-16)21-5-3-4-19(28-21)12-24-23-22-20(18-7-10-31-11-8-18)6-9-30(22)26-15-25-23/h3-7,9,15-17,27H,8,10-14H2,1-2H3,(H,24,25,26)/t16-,17+. The van der Waals surface area contributed by atoms with E-state index in [-0.39, 0.29) is 0 Å². The quantitative estimate of drug-likeness (QED) is 0.658. The molecule has 8 heteroatoms. The van der Waals surface area contributed by atoms with Crippen LogP contribution in [-0.2, 0) is 11.3 Å². The fourth-order valence-corrected chi connectivity index (χ4v) is 4.54. The number of nitrogens with zero attached hydrogens (tertiary/aromatic N) is 5. The maximum atomic E-state index is 5.47. The van der Waals surface area contributed by atoms with Gasteiger partial charge in [-0.25, -0.2) is 14.5 Å². The zero-order chi connectivity index (χ0) is 21.2. The normalized spacial score (nSPS) is 21.9. The van der Waals surface area contributed by atoms with Crippen LogP contribution in [0.15, 0.2) is 42.9 Å². The van der Waals surface area contributed by atoms with Crippen molar-refractivity contribution in [3.8, 4) is 0 Å². The summed E-state index contributed by atoms with van der Waals surface area (Å²) in [5.41, 5.74) is 4.44. The van der Waals surface area contributed by atoms with Gasteiger partial charge in [-0.15, -0.1) is 0 Å². The number of hydrogen-bond acceptors (Lipinski definition) is 7. The maximum Gasteiger partial charge on any atom is 0.154 e. The van der Waals surface area contributed by atoms with E-state index in [4.69, 9.17) is 9.72 Å². The van der Waals surface area contributed by atoms with Gasteiger partial charge in [0.15, 0.2) is 5.82 Å². The molecule has 1 saturated heterocycles. The van der Waals surface area contributed by atoms with Crippen molar-refractivity contribution in [2.75, 3.05) is 36.5 Å². The van der Waals surface area contributed by atoms with Gasteiger partial charge >= 0.3 is 0 Å². The fourth-order valence-electron chi connectivity index (χ4n) is 4.54. The zero-order valence-electron chi connectivity index (χ0n) is 18.1. The maximum absolute atomic E-state index is 5.47. The molecule has 5 rings (SSSR count). The van der Waals surface area contributed by atoms with E-state index in [0.29, 0.717) is 25.2 Å². The van der Waals surface area contributed by atoms with Crippen LogP contribution in [-0.4, -0.2) is 58.0 Å². The molecule has 2 atom stereocenters. The predicted octanol–water partition coefficient (Wildman–Crippen LogP) is 2.73. The Balaban J connectivity index is 1.37. The van der Waals surface area contributed by atoms with Gasteiger partial charge in [0.05, 0.1) is 25.5 Å². The van der Waals surface area contributed by atoms with Crippen molar-refractivity contribution in [2.45, 2.75) is 38.9 Å². The third-order valence-corrected chi connectivity index (χ3v) is 5.87. The molecule has 5 heterocycles. The summed E-state index contributed by atoms with van der Waals surface area (Å²) >= 11 is 0. The molecule has 0 aliphatic carbocycles. The highest BCUT2D eigenvalue weighted by atomic mass is 16.5. The molecule has 1 fully saturated rings. The van der Waals surface area contributed by atoms with E-state index in [1.54, 1.807) is 6.33 Å². The zero-order valence-corrected chi connectivity index (χ0v) is 18.1. The summed E-state index contributed by atoms with van der Waals surface area (Å²) in [7, 11) is 0. The van der Waals surface area contributed by atoms with Crippen molar-refractivity contribution < 1.29 is 4.74 Å². The number of anilines is 2. The lowest BCUT2D eigenvalue weighted by Crippen LogP contribution is -2.54. The molecule has 2 aliphatic heterocycles. The number of ether oxygens (including phenoxy) is 1. The number of hydrogen-bond donors (Lipinski definition) is 2. The first-order valence-electron chi connectivity index (χ1n) is 11.0. The largest absolute Gasteiger partial charge is 0.377 e. The Labute approximate surface area is 182 Å². The van der Waals surface area contributed by atoms with E-state index in [1.165, 1.54) is 5.57 Å². The number of aromatic nitrogens is 4. The average molecular weight is 420 g/mol. The summed E-state index contributed by atoms with van der Waals surface area (Å²) < 4.78 is 7.36. The SMILES string of the molecule is C[C@@H]1CN(c2cccc(CNc3ncnn4ccc(C5=CCOCC5)c34)n2)C[C@H](C)N1. The van der Waals surface area contributed by atoms with Gasteiger partial charge in [0.25, 0.3) is 0 Å². The van der Waals surface area contributed by atoms with E-state index in [0.717, 1.165) is 54.5 Å². The van der Waals surface area contributed by atoms with Crippen LogP contribution in [0.2, 0.25) is 0 Å². The van der Waals surface area contributed by atoms with Crippen molar-refractivity contribution in [1.82, 2.24) is 24.9 Å². The topological polar surface area (TPSA) is 79.6 Å². The molecule has 3 aromatic heterocycles. The Kier molecular flexibility index (Phi) is 5.57. The third-order valence-electron chi connectivity index (χ3n) is 5.87. The van der Waals surface area contributed by atoms with Gasteiger partial charge in [-0.05, 0) is 44.0 Å². The van der Waals surface area contributed by atoms with Crippen LogP contribution in [0.3, 0.4) is 0 Å². The monoisotopic (exact) mass is 419 g/mol. The van der Waals surface area contributed by atoms with Crippen molar-refractivity contribution >= 4 is 22.7 Å². The molecule has 0 unspecified atom stereocenters. The first-order chi connectivity index (χ1) is 15.2. The minimum atomic E-state index is 0.453. The Morgan fingerprint density at radius 2 is 2.06 bits per heavy atom. The van der Waals surface area contributed by atoms with Crippen molar-refractivity contribution in [3.05, 3.63) is 54.1 Å². The Morgan fingerprint density at radius 1 is 1.19 bits per heavy atom. The van der Waals surface area contributed by atoms with Crippen LogP contribution in [0.1, 0.15) is 31.5 Å². The van der Waals surface area contributed by atoms with Crippen molar-refractivity contribution in [1.29, 1.82) is 0 Å². The lowest BCUT2D eigenvalue weighted by atomic mass is 10.0. The molecule has 0 bridgehead atoms. The summed E-state index contributed by atoms with van der Waals surface area (Å²) in [4.78, 5) is 11.8. The van der Waals surface area contributed by atoms with E-state index in [2.05, 4.69) is 69.8 Å². The molecule has 8 nitrogen and oxygen atoms in total. The minimum absolute atomic E-state index is 0.453. The van der Waals surface area contributed by atoms with Gasteiger partial charge in [-0.1, -0.05) is 12.1 Å². The smallest absolute Gasteiger partial charge is 0.154 e. The molecule has 0 radical (unpaired) electrons. The first kappa shape index (κ1) is 20.0. The Morgan fingerprint density at radius 3 is 2.87 bits per heavy atom. The molecular formula is C23H29N7O. The Bertz CT molecular complexity index is 1080. The fraction of sp³-hybridized carbons (Fsp3) is 0.435. The number of rotatable bonds is 5. The molecule has 0 saturated carbocycles. The minimum Gasteiger partial charge on any atom is -0.377 e. The van der Waals surface area contributed by atoms with Crippen molar-refractivity contribution in [2.24, 2.45) is 0 Å². The predicted molar refractivity (Wildman–Crippen MR) is 122 cm³/mol. The second-order valence-corrected chi connectivity index (χ2v) is 8.40. The van der Waals surface area contributed by atoms with Crippen LogP contribution < -0.4 is 15.5 Å². The summed E-state index contributed by atoms with van der Waals surface area (Å²) in [5, 5.41) is 11.5. The van der Waals surface area contributed by atoms with Gasteiger partial charge in [-0.3, -0.25) is 0 Å². The first-order valence-corrected chi connectivity index (χ1v) is 11.0. The summed E-state index contributed by atoms with van der Waals surface area (Å²) in [6.07, 6.45) is 6.62. The van der Waals surface area contributed by atoms with Gasteiger partial charge in [-0.2, -0.15) is 5.10 Å². The second-order valence-electron chi connectivity index (χ2n) is 8.40. The van der Waals surface area contributed by atoms with Gasteiger partial charge in [0.2, 0.25) is 0 Å². The van der Waals surface area contributed by atoms with Crippen LogP contribution in [0.25, 0.3) is 11.1 Å². The van der Waals surface area contributed by atoms with Crippen LogP contribution in [0, 0.1) is 0 Å². The molecule has 162 valence electrons. The molecule has 2 aliphatic rings. The number of nitrogens with one attached hydrogen (secondary N) is 2. The van der Waals surface area contributed by atoms with E-state index in [1.807, 2.05) is 10.7 Å². The highest BCUT2D eigenvalue weighted by Gasteiger charge is 2.22. The molecule has 0 spiro atoms. The molecule has 2 N–H and O–H groups in total. The lowest BCUT2D eigenvalue weighted by Gasteiger charge is -2.37. The van der Waals surface area contributed by atoms with Crippen LogP contribution in [0.4, 0.5) is 11.6 Å². The van der Waals surface area contributed by atoms with Gasteiger partial charge in [0, 0.05) is 36.9 Å². The molecule has 31 heavy (non-hydrogen) atoms. The van der Waals surface area contributed by atoms with Crippen molar-refractivity contribution in [3.63, 3.8) is 0 Å². The average Bonchev–Trinajstić information content (AvgIpc) is 3.23. The van der Waals surface area contributed by atoms with E-state index >= 15 is 0 Å². The molecule has 3 aromatic rings. The van der Waals surface area contributed by atoms with E-state index < -0.39 is 0 Å². The molecular weight excluding hydrogens is 390 g/mol. The summed E-state index contributed by atoms with van der Waals surface area (Å²) in [6, 6.07) is 9.26. The summed E-state index contributed by atoms with van der Waals surface area (Å²) in [5.74, 6) is 1.85.